The van der Waals surface area contributed by atoms with Crippen molar-refractivity contribution in [3.8, 4) is 22.5 Å². The fraction of sp³-hybridized carbons (Fsp3) is 0.0606. The summed E-state index contributed by atoms with van der Waals surface area (Å²) in [5, 5.41) is 4.36. The minimum Gasteiger partial charge on any atom is -0.500 e. The van der Waals surface area contributed by atoms with Crippen LogP contribution in [0.15, 0.2) is 108 Å². The molecular weight excluding hydrogens is 647 g/mol. The van der Waals surface area contributed by atoms with Crippen molar-refractivity contribution < 1.29 is 24.5 Å². The van der Waals surface area contributed by atoms with Crippen LogP contribution in [0.5, 0.6) is 0 Å². The quantitative estimate of drug-likeness (QED) is 0.174. The van der Waals surface area contributed by atoms with E-state index in [1.54, 1.807) is 6.20 Å². The Hall–Kier alpha value is -4.18. The molecular formula is C33H23IrN3O-2. The van der Waals surface area contributed by atoms with Crippen molar-refractivity contribution in [3.63, 3.8) is 0 Å². The van der Waals surface area contributed by atoms with E-state index in [9.17, 15) is 0 Å². The van der Waals surface area contributed by atoms with E-state index in [0.717, 1.165) is 60.9 Å². The third-order valence-electron chi connectivity index (χ3n) is 6.25. The zero-order valence-corrected chi connectivity index (χ0v) is 23.3. The second-order valence-electron chi connectivity index (χ2n) is 8.90. The third kappa shape index (κ3) is 4.99. The average molecular weight is 670 g/mol. The molecule has 7 rings (SSSR count). The van der Waals surface area contributed by atoms with Crippen LogP contribution in [0.3, 0.4) is 0 Å². The van der Waals surface area contributed by atoms with Gasteiger partial charge in [-0.15, -0.1) is 54.1 Å². The zero-order chi connectivity index (χ0) is 25.2. The van der Waals surface area contributed by atoms with Crippen LogP contribution < -0.4 is 0 Å². The van der Waals surface area contributed by atoms with Gasteiger partial charge in [0.2, 0.25) is 0 Å². The van der Waals surface area contributed by atoms with Gasteiger partial charge in [0.25, 0.3) is 0 Å². The standard InChI is InChI=1S/C21H13N2O.C12H10N.Ir/c1-13-11-18-14(12-23-13)8-9-16-15-5-4-6-17(20(15)24-21(16)18)19-7-2-3-10-22-19;1-10-7-8-12(13-9-10)11-5-3-2-4-6-11;/h2-5,7-12H,1H3;2-5,7-9H,1H3;/q2*-1;. The smallest absolute Gasteiger partial charge is 0.128 e. The van der Waals surface area contributed by atoms with Gasteiger partial charge in [-0.05, 0) is 42.9 Å². The third-order valence-corrected chi connectivity index (χ3v) is 6.25. The number of furan rings is 1. The van der Waals surface area contributed by atoms with Crippen LogP contribution in [0, 0.1) is 26.0 Å². The van der Waals surface area contributed by atoms with Crippen LogP contribution in [0.2, 0.25) is 0 Å². The number of aryl methyl sites for hydroxylation is 2. The number of rotatable bonds is 2. The second-order valence-corrected chi connectivity index (χ2v) is 8.90. The van der Waals surface area contributed by atoms with Crippen LogP contribution in [0.25, 0.3) is 55.2 Å². The molecule has 0 fully saturated rings. The van der Waals surface area contributed by atoms with Gasteiger partial charge in [-0.25, -0.2) is 0 Å². The number of benzene rings is 3. The average Bonchev–Trinajstić information content (AvgIpc) is 3.34. The van der Waals surface area contributed by atoms with Crippen molar-refractivity contribution in [2.24, 2.45) is 0 Å². The molecule has 0 aliphatic heterocycles. The Bertz CT molecular complexity index is 1830. The van der Waals surface area contributed by atoms with Gasteiger partial charge in [-0.1, -0.05) is 47.3 Å². The Morgan fingerprint density at radius 2 is 1.53 bits per heavy atom. The topological polar surface area (TPSA) is 51.8 Å². The first-order chi connectivity index (χ1) is 18.2. The Morgan fingerprint density at radius 3 is 2.29 bits per heavy atom. The predicted molar refractivity (Wildman–Crippen MR) is 149 cm³/mol. The summed E-state index contributed by atoms with van der Waals surface area (Å²) in [6, 6.07) is 34.5. The van der Waals surface area contributed by atoms with Crippen LogP contribution >= 0.6 is 0 Å². The van der Waals surface area contributed by atoms with Crippen molar-refractivity contribution in [1.29, 1.82) is 0 Å². The molecule has 4 aromatic heterocycles. The van der Waals surface area contributed by atoms with E-state index in [4.69, 9.17) is 4.42 Å². The van der Waals surface area contributed by atoms with Gasteiger partial charge < -0.3 is 14.4 Å². The summed E-state index contributed by atoms with van der Waals surface area (Å²) in [7, 11) is 0. The summed E-state index contributed by atoms with van der Waals surface area (Å²) in [5.74, 6) is 0. The molecule has 0 aliphatic rings. The van der Waals surface area contributed by atoms with E-state index in [1.807, 2.05) is 86.9 Å². The Labute approximate surface area is 234 Å². The fourth-order valence-electron chi connectivity index (χ4n) is 4.40. The van der Waals surface area contributed by atoms with E-state index >= 15 is 0 Å². The first-order valence-corrected chi connectivity index (χ1v) is 12.1. The maximum absolute atomic E-state index is 6.31. The summed E-state index contributed by atoms with van der Waals surface area (Å²) < 4.78 is 6.31. The maximum Gasteiger partial charge on any atom is 0.128 e. The molecule has 1 radical (unpaired) electrons. The molecule has 0 amide bonds. The number of nitrogens with zero attached hydrogens (tertiary/aromatic N) is 3. The molecule has 3 aromatic carbocycles. The molecule has 0 bridgehead atoms. The Kier molecular flexibility index (Phi) is 7.41. The molecule has 0 unspecified atom stereocenters. The van der Waals surface area contributed by atoms with E-state index in [0.29, 0.717) is 0 Å². The summed E-state index contributed by atoms with van der Waals surface area (Å²) >= 11 is 0. The first-order valence-electron chi connectivity index (χ1n) is 12.1. The monoisotopic (exact) mass is 670 g/mol. The molecule has 4 nitrogen and oxygen atoms in total. The van der Waals surface area contributed by atoms with Crippen LogP contribution in [0.4, 0.5) is 0 Å². The van der Waals surface area contributed by atoms with Crippen molar-refractivity contribution in [3.05, 3.63) is 127 Å². The molecule has 0 atom stereocenters. The van der Waals surface area contributed by atoms with Gasteiger partial charge in [-0.3, -0.25) is 4.98 Å². The minimum atomic E-state index is 0. The van der Waals surface area contributed by atoms with Crippen molar-refractivity contribution in [2.45, 2.75) is 13.8 Å². The molecule has 0 saturated carbocycles. The Balaban J connectivity index is 0.000000179. The van der Waals surface area contributed by atoms with E-state index in [-0.39, 0.29) is 20.1 Å². The molecule has 0 N–H and O–H groups in total. The summed E-state index contributed by atoms with van der Waals surface area (Å²) in [6.45, 7) is 4.03. The normalized spacial score (nSPS) is 10.7. The van der Waals surface area contributed by atoms with Crippen molar-refractivity contribution in [2.75, 3.05) is 0 Å². The Morgan fingerprint density at radius 1 is 0.658 bits per heavy atom. The van der Waals surface area contributed by atoms with Crippen molar-refractivity contribution in [1.82, 2.24) is 15.0 Å². The van der Waals surface area contributed by atoms with Crippen molar-refractivity contribution >= 4 is 32.7 Å². The van der Waals surface area contributed by atoms with Gasteiger partial charge in [-0.2, -0.15) is 0 Å². The predicted octanol–water partition coefficient (Wildman–Crippen LogP) is 8.16. The van der Waals surface area contributed by atoms with E-state index < -0.39 is 0 Å². The number of hydrogen-bond acceptors (Lipinski definition) is 4. The van der Waals surface area contributed by atoms with Gasteiger partial charge in [0.1, 0.15) is 5.58 Å². The largest absolute Gasteiger partial charge is 0.500 e. The number of fused-ring (bicyclic) bond motifs is 5. The molecule has 5 heteroatoms. The number of aromatic nitrogens is 3. The molecule has 0 spiro atoms. The van der Waals surface area contributed by atoms with Gasteiger partial charge in [0, 0.05) is 60.5 Å². The summed E-state index contributed by atoms with van der Waals surface area (Å²) in [6.07, 6.45) is 5.55. The number of hydrogen-bond donors (Lipinski definition) is 0. The fourth-order valence-corrected chi connectivity index (χ4v) is 4.40. The van der Waals surface area contributed by atoms with Crippen LogP contribution in [0.1, 0.15) is 11.3 Å². The summed E-state index contributed by atoms with van der Waals surface area (Å²) in [5.41, 5.74) is 7.66. The zero-order valence-electron chi connectivity index (χ0n) is 20.9. The maximum atomic E-state index is 6.31. The van der Waals surface area contributed by atoms with Crippen LogP contribution in [-0.2, 0) is 20.1 Å². The van der Waals surface area contributed by atoms with E-state index in [2.05, 4.69) is 51.4 Å². The molecule has 0 saturated heterocycles. The van der Waals surface area contributed by atoms with E-state index in [1.165, 1.54) is 5.56 Å². The van der Waals surface area contributed by atoms with Gasteiger partial charge >= 0.3 is 0 Å². The SMILES string of the molecule is Cc1cc2c(ccc3c4cc[c-]c(-c5ccccn5)c4oc23)cn1.Cc1ccc(-c2[c-]cccc2)nc1.[Ir]. The molecule has 0 aliphatic carbocycles. The summed E-state index contributed by atoms with van der Waals surface area (Å²) in [4.78, 5) is 13.1. The molecule has 7 aromatic rings. The second kappa shape index (κ2) is 11.1. The van der Waals surface area contributed by atoms with Gasteiger partial charge in [0.05, 0.1) is 5.58 Å². The molecule has 187 valence electrons. The molecule has 4 heterocycles. The van der Waals surface area contributed by atoms with Gasteiger partial charge in [0.15, 0.2) is 0 Å². The minimum absolute atomic E-state index is 0. The molecule has 38 heavy (non-hydrogen) atoms. The first kappa shape index (κ1) is 25.5. The number of pyridine rings is 3. The van der Waals surface area contributed by atoms with Crippen LogP contribution in [-0.4, -0.2) is 15.0 Å².